The number of carbonyl (C=O) groups is 1. The first kappa shape index (κ1) is 22.1. The third-order valence-electron chi connectivity index (χ3n) is 5.10. The molecule has 2 aromatic rings. The maximum atomic E-state index is 12.8. The SMILES string of the molecule is O=C(CN1CCCC(O)(COc2ccccc2)CC1)Nc1cccc(C(F)(F)F)c1. The van der Waals surface area contributed by atoms with E-state index < -0.39 is 17.3 Å². The summed E-state index contributed by atoms with van der Waals surface area (Å²) in [6.45, 7) is 1.32. The molecule has 162 valence electrons. The number of nitrogens with one attached hydrogen (secondary N) is 1. The number of aliphatic hydroxyl groups is 1. The van der Waals surface area contributed by atoms with Crippen LogP contribution >= 0.6 is 0 Å². The largest absolute Gasteiger partial charge is 0.491 e. The molecule has 0 bridgehead atoms. The minimum Gasteiger partial charge on any atom is -0.491 e. The molecule has 30 heavy (non-hydrogen) atoms. The summed E-state index contributed by atoms with van der Waals surface area (Å²) in [7, 11) is 0. The molecule has 1 aliphatic heterocycles. The highest BCUT2D eigenvalue weighted by molar-refractivity contribution is 5.92. The van der Waals surface area contributed by atoms with Crippen molar-refractivity contribution in [3.63, 3.8) is 0 Å². The molecule has 1 heterocycles. The van der Waals surface area contributed by atoms with Crippen molar-refractivity contribution in [3.8, 4) is 5.75 Å². The summed E-state index contributed by atoms with van der Waals surface area (Å²) in [5, 5.41) is 13.4. The van der Waals surface area contributed by atoms with Crippen molar-refractivity contribution in [1.82, 2.24) is 4.90 Å². The number of alkyl halides is 3. The summed E-state index contributed by atoms with van der Waals surface area (Å²) in [4.78, 5) is 14.2. The standard InChI is InChI=1S/C22H25F3N2O3/c23-22(24,25)17-6-4-7-18(14-17)26-20(28)15-27-12-5-10-21(29,11-13-27)16-30-19-8-2-1-3-9-19/h1-4,6-9,14,29H,5,10-13,15-16H2,(H,26,28). The van der Waals surface area contributed by atoms with E-state index >= 15 is 0 Å². The lowest BCUT2D eigenvalue weighted by Gasteiger charge is -2.27. The van der Waals surface area contributed by atoms with Crippen LogP contribution in [0.4, 0.5) is 18.9 Å². The molecule has 5 nitrogen and oxygen atoms in total. The van der Waals surface area contributed by atoms with Crippen molar-refractivity contribution >= 4 is 11.6 Å². The monoisotopic (exact) mass is 422 g/mol. The Labute approximate surface area is 173 Å². The second kappa shape index (κ2) is 9.49. The van der Waals surface area contributed by atoms with Crippen LogP contribution in [0.2, 0.25) is 0 Å². The zero-order valence-corrected chi connectivity index (χ0v) is 16.5. The fourth-order valence-corrected chi connectivity index (χ4v) is 3.45. The summed E-state index contributed by atoms with van der Waals surface area (Å²) in [6.07, 6.45) is -2.79. The van der Waals surface area contributed by atoms with Crippen molar-refractivity contribution < 1.29 is 27.8 Å². The molecule has 0 saturated carbocycles. The van der Waals surface area contributed by atoms with Crippen LogP contribution in [0, 0.1) is 0 Å². The molecule has 1 fully saturated rings. The molecule has 1 aliphatic rings. The molecule has 0 radical (unpaired) electrons. The van der Waals surface area contributed by atoms with Crippen LogP contribution in [0.5, 0.6) is 5.75 Å². The number of amides is 1. The lowest BCUT2D eigenvalue weighted by atomic mass is 9.96. The quantitative estimate of drug-likeness (QED) is 0.740. The number of benzene rings is 2. The number of hydrogen-bond donors (Lipinski definition) is 2. The number of likely N-dealkylation sites (tertiary alicyclic amines) is 1. The Balaban J connectivity index is 1.50. The molecule has 1 amide bonds. The van der Waals surface area contributed by atoms with Crippen molar-refractivity contribution in [2.75, 3.05) is 31.6 Å². The molecule has 2 N–H and O–H groups in total. The van der Waals surface area contributed by atoms with Crippen LogP contribution < -0.4 is 10.1 Å². The van der Waals surface area contributed by atoms with E-state index in [1.807, 2.05) is 35.2 Å². The third-order valence-corrected chi connectivity index (χ3v) is 5.10. The lowest BCUT2D eigenvalue weighted by Crippen LogP contribution is -2.38. The molecule has 1 unspecified atom stereocenters. The Bertz CT molecular complexity index is 845. The number of nitrogens with zero attached hydrogens (tertiary/aromatic N) is 1. The van der Waals surface area contributed by atoms with Gasteiger partial charge in [-0.1, -0.05) is 24.3 Å². The molecule has 1 saturated heterocycles. The fourth-order valence-electron chi connectivity index (χ4n) is 3.45. The lowest BCUT2D eigenvalue weighted by molar-refractivity contribution is -0.137. The van der Waals surface area contributed by atoms with Gasteiger partial charge in [-0.2, -0.15) is 13.2 Å². The van der Waals surface area contributed by atoms with E-state index in [2.05, 4.69) is 5.32 Å². The van der Waals surface area contributed by atoms with E-state index in [9.17, 15) is 23.1 Å². The van der Waals surface area contributed by atoms with E-state index in [1.165, 1.54) is 12.1 Å². The molecular weight excluding hydrogens is 397 g/mol. The van der Waals surface area contributed by atoms with Crippen LogP contribution in [0.3, 0.4) is 0 Å². The summed E-state index contributed by atoms with van der Waals surface area (Å²) in [5.41, 5.74) is -1.68. The summed E-state index contributed by atoms with van der Waals surface area (Å²) in [5.74, 6) is 0.299. The minimum absolute atomic E-state index is 0.0475. The third kappa shape index (κ3) is 6.47. The van der Waals surface area contributed by atoms with Gasteiger partial charge in [-0.3, -0.25) is 9.69 Å². The van der Waals surface area contributed by atoms with Crippen LogP contribution in [0.25, 0.3) is 0 Å². The summed E-state index contributed by atoms with van der Waals surface area (Å²) in [6, 6.07) is 13.8. The number of para-hydroxylation sites is 1. The van der Waals surface area contributed by atoms with E-state index in [-0.39, 0.29) is 24.7 Å². The average Bonchev–Trinajstić information content (AvgIpc) is 2.89. The Morgan fingerprint density at radius 2 is 1.87 bits per heavy atom. The number of hydrogen-bond acceptors (Lipinski definition) is 4. The van der Waals surface area contributed by atoms with E-state index in [0.29, 0.717) is 38.1 Å². The number of halogens is 3. The normalized spacial score (nSPS) is 20.4. The van der Waals surface area contributed by atoms with Gasteiger partial charge >= 0.3 is 6.18 Å². The fraction of sp³-hybridized carbons (Fsp3) is 0.409. The van der Waals surface area contributed by atoms with Gasteiger partial charge in [0.2, 0.25) is 5.91 Å². The first-order chi connectivity index (χ1) is 14.2. The van der Waals surface area contributed by atoms with Crippen molar-refractivity contribution in [2.45, 2.75) is 31.0 Å². The van der Waals surface area contributed by atoms with Gasteiger partial charge in [0.05, 0.1) is 17.7 Å². The van der Waals surface area contributed by atoms with Crippen molar-refractivity contribution in [1.29, 1.82) is 0 Å². The Kier molecular flexibility index (Phi) is 6.99. The number of carbonyl (C=O) groups excluding carboxylic acids is 1. The molecule has 0 aromatic heterocycles. The minimum atomic E-state index is -4.46. The highest BCUT2D eigenvalue weighted by atomic mass is 19.4. The van der Waals surface area contributed by atoms with E-state index in [0.717, 1.165) is 12.1 Å². The predicted molar refractivity (Wildman–Crippen MR) is 107 cm³/mol. The van der Waals surface area contributed by atoms with Gasteiger partial charge in [-0.15, -0.1) is 0 Å². The van der Waals surface area contributed by atoms with Crippen LogP contribution in [-0.2, 0) is 11.0 Å². The number of ether oxygens (including phenoxy) is 1. The molecule has 0 spiro atoms. The zero-order chi connectivity index (χ0) is 21.6. The van der Waals surface area contributed by atoms with Gasteiger partial charge in [0, 0.05) is 12.2 Å². The van der Waals surface area contributed by atoms with E-state index in [1.54, 1.807) is 0 Å². The molecule has 8 heteroatoms. The first-order valence-corrected chi connectivity index (χ1v) is 9.83. The summed E-state index contributed by atoms with van der Waals surface area (Å²) >= 11 is 0. The second-order valence-corrected chi connectivity index (χ2v) is 7.58. The first-order valence-electron chi connectivity index (χ1n) is 9.83. The van der Waals surface area contributed by atoms with Crippen molar-refractivity contribution in [3.05, 3.63) is 60.2 Å². The topological polar surface area (TPSA) is 61.8 Å². The molecule has 3 rings (SSSR count). The molecular formula is C22H25F3N2O3. The second-order valence-electron chi connectivity index (χ2n) is 7.58. The van der Waals surface area contributed by atoms with Gasteiger partial charge < -0.3 is 15.2 Å². The van der Waals surface area contributed by atoms with Gasteiger partial charge in [-0.05, 0) is 56.1 Å². The number of rotatable bonds is 6. The highest BCUT2D eigenvalue weighted by Gasteiger charge is 2.32. The number of anilines is 1. The van der Waals surface area contributed by atoms with Gasteiger partial charge in [0.15, 0.2) is 0 Å². The van der Waals surface area contributed by atoms with Crippen molar-refractivity contribution in [2.24, 2.45) is 0 Å². The highest BCUT2D eigenvalue weighted by Crippen LogP contribution is 2.30. The predicted octanol–water partition coefficient (Wildman–Crippen LogP) is 3.94. The summed E-state index contributed by atoms with van der Waals surface area (Å²) < 4.78 is 44.1. The Morgan fingerprint density at radius 1 is 1.10 bits per heavy atom. The molecule has 2 aromatic carbocycles. The smallest absolute Gasteiger partial charge is 0.416 e. The van der Waals surface area contributed by atoms with Crippen LogP contribution in [0.1, 0.15) is 24.8 Å². The van der Waals surface area contributed by atoms with Gasteiger partial charge in [0.25, 0.3) is 0 Å². The van der Waals surface area contributed by atoms with Gasteiger partial charge in [0.1, 0.15) is 12.4 Å². The van der Waals surface area contributed by atoms with Gasteiger partial charge in [-0.25, -0.2) is 0 Å². The van der Waals surface area contributed by atoms with E-state index in [4.69, 9.17) is 4.74 Å². The Hall–Kier alpha value is -2.58. The molecule has 1 atom stereocenters. The maximum absolute atomic E-state index is 12.8. The molecule has 0 aliphatic carbocycles. The average molecular weight is 422 g/mol. The van der Waals surface area contributed by atoms with Crippen LogP contribution in [0.15, 0.2) is 54.6 Å². The maximum Gasteiger partial charge on any atom is 0.416 e. The zero-order valence-electron chi connectivity index (χ0n) is 16.5. The Morgan fingerprint density at radius 3 is 2.60 bits per heavy atom. The van der Waals surface area contributed by atoms with Crippen LogP contribution in [-0.4, -0.2) is 47.8 Å².